The number of nitrogens with zero attached hydrogens (tertiary/aromatic N) is 1. The summed E-state index contributed by atoms with van der Waals surface area (Å²) in [7, 11) is 0. The summed E-state index contributed by atoms with van der Waals surface area (Å²) >= 11 is 0. The Morgan fingerprint density at radius 3 is 1.88 bits per heavy atom. The second-order valence-electron chi connectivity index (χ2n) is 10.6. The minimum atomic E-state index is -1.07. The van der Waals surface area contributed by atoms with Gasteiger partial charge in [0, 0.05) is 5.92 Å². The smallest absolute Gasteiger partial charge is 0.407 e. The summed E-state index contributed by atoms with van der Waals surface area (Å²) in [6, 6.07) is 21.3. The molecule has 3 amide bonds. The van der Waals surface area contributed by atoms with E-state index in [1.54, 1.807) is 12.1 Å². The van der Waals surface area contributed by atoms with Crippen molar-refractivity contribution >= 4 is 23.9 Å². The standard InChI is InChI=1S/C32H30N2O6/c35-29-25-16-8-9-17-26(25)30(36)34(29)40-31(37)28(18-20-10-2-1-3-11-20)33-32(38)39-19-27-23-14-6-4-12-21(23)22-13-5-7-15-24(22)27/h4-9,12-17,20,27-28H,1-3,10-11,18-19H2,(H,33,38). The van der Waals surface area contributed by atoms with Gasteiger partial charge < -0.3 is 14.9 Å². The molecule has 3 aromatic carbocycles. The van der Waals surface area contributed by atoms with Crippen LogP contribution in [-0.2, 0) is 14.4 Å². The van der Waals surface area contributed by atoms with Crippen molar-refractivity contribution in [3.05, 3.63) is 95.1 Å². The van der Waals surface area contributed by atoms with Crippen LogP contribution in [0.5, 0.6) is 0 Å². The predicted molar refractivity (Wildman–Crippen MR) is 146 cm³/mol. The van der Waals surface area contributed by atoms with Gasteiger partial charge in [-0.15, -0.1) is 0 Å². The Bertz CT molecular complexity index is 1400. The first-order valence-corrected chi connectivity index (χ1v) is 13.8. The van der Waals surface area contributed by atoms with Crippen molar-refractivity contribution in [3.63, 3.8) is 0 Å². The normalized spacial score (nSPS) is 17.1. The lowest BCUT2D eigenvalue weighted by Crippen LogP contribution is -2.46. The molecule has 8 heteroatoms. The predicted octanol–water partition coefficient (Wildman–Crippen LogP) is 5.62. The number of alkyl carbamates (subject to hydrolysis) is 1. The SMILES string of the molecule is O=C(NC(CC1CCCCC1)C(=O)ON1C(=O)c2ccccc2C1=O)OCC1c2ccccc2-c2ccccc21. The number of carbonyl (C=O) groups excluding carboxylic acids is 4. The fourth-order valence-corrected chi connectivity index (χ4v) is 6.16. The Hall–Kier alpha value is -4.46. The van der Waals surface area contributed by atoms with Crippen molar-refractivity contribution in [2.24, 2.45) is 5.92 Å². The van der Waals surface area contributed by atoms with E-state index in [9.17, 15) is 19.2 Å². The van der Waals surface area contributed by atoms with Crippen LogP contribution in [0, 0.1) is 5.92 Å². The van der Waals surface area contributed by atoms with E-state index in [0.717, 1.165) is 54.4 Å². The molecule has 8 nitrogen and oxygen atoms in total. The number of carbonyl (C=O) groups is 4. The molecule has 1 fully saturated rings. The Morgan fingerprint density at radius 1 is 0.775 bits per heavy atom. The number of imide groups is 1. The zero-order valence-electron chi connectivity index (χ0n) is 22.0. The van der Waals surface area contributed by atoms with E-state index in [2.05, 4.69) is 17.4 Å². The van der Waals surface area contributed by atoms with E-state index in [1.807, 2.05) is 36.4 Å². The van der Waals surface area contributed by atoms with Gasteiger partial charge in [-0.3, -0.25) is 9.59 Å². The molecule has 0 radical (unpaired) electrons. The van der Waals surface area contributed by atoms with Gasteiger partial charge in [-0.05, 0) is 46.7 Å². The third-order valence-electron chi connectivity index (χ3n) is 8.15. The molecule has 6 rings (SSSR count). The van der Waals surface area contributed by atoms with Gasteiger partial charge in [0.15, 0.2) is 0 Å². The average molecular weight is 539 g/mol. The number of hydrogen-bond donors (Lipinski definition) is 1. The largest absolute Gasteiger partial charge is 0.449 e. The summed E-state index contributed by atoms with van der Waals surface area (Å²) in [6.45, 7) is 0.101. The molecule has 1 atom stereocenters. The second kappa shape index (κ2) is 11.0. The van der Waals surface area contributed by atoms with Gasteiger partial charge >= 0.3 is 12.1 Å². The highest BCUT2D eigenvalue weighted by atomic mass is 16.7. The quantitative estimate of drug-likeness (QED) is 0.392. The molecule has 3 aliphatic rings. The Labute approximate surface area is 232 Å². The average Bonchev–Trinajstić information content (AvgIpc) is 3.43. The van der Waals surface area contributed by atoms with Gasteiger partial charge in [-0.2, -0.15) is 0 Å². The molecule has 40 heavy (non-hydrogen) atoms. The molecule has 0 saturated heterocycles. The van der Waals surface area contributed by atoms with Crippen LogP contribution < -0.4 is 5.32 Å². The summed E-state index contributed by atoms with van der Waals surface area (Å²) in [5.41, 5.74) is 4.75. The van der Waals surface area contributed by atoms with Crippen LogP contribution in [0.1, 0.15) is 76.3 Å². The van der Waals surface area contributed by atoms with Crippen molar-refractivity contribution < 1.29 is 28.8 Å². The third-order valence-corrected chi connectivity index (χ3v) is 8.15. The highest BCUT2D eigenvalue weighted by Crippen LogP contribution is 2.44. The lowest BCUT2D eigenvalue weighted by molar-refractivity contribution is -0.171. The van der Waals surface area contributed by atoms with Gasteiger partial charge in [0.25, 0.3) is 11.8 Å². The Balaban J connectivity index is 1.15. The minimum Gasteiger partial charge on any atom is -0.449 e. The summed E-state index contributed by atoms with van der Waals surface area (Å²) in [6.07, 6.45) is 4.70. The number of benzene rings is 3. The van der Waals surface area contributed by atoms with Crippen LogP contribution in [0.2, 0.25) is 0 Å². The maximum atomic E-state index is 13.3. The zero-order valence-corrected chi connectivity index (χ0v) is 22.0. The van der Waals surface area contributed by atoms with Crippen molar-refractivity contribution in [1.82, 2.24) is 10.4 Å². The topological polar surface area (TPSA) is 102 Å². The van der Waals surface area contributed by atoms with Gasteiger partial charge in [0.1, 0.15) is 12.6 Å². The zero-order chi connectivity index (χ0) is 27.6. The van der Waals surface area contributed by atoms with Crippen molar-refractivity contribution in [2.75, 3.05) is 6.61 Å². The number of hydrogen-bond acceptors (Lipinski definition) is 6. The van der Waals surface area contributed by atoms with Crippen LogP contribution >= 0.6 is 0 Å². The van der Waals surface area contributed by atoms with Crippen molar-refractivity contribution in [2.45, 2.75) is 50.5 Å². The first kappa shape index (κ1) is 25.8. The van der Waals surface area contributed by atoms with Gasteiger partial charge in [-0.25, -0.2) is 9.59 Å². The first-order valence-electron chi connectivity index (χ1n) is 13.8. The van der Waals surface area contributed by atoms with Gasteiger partial charge in [0.2, 0.25) is 0 Å². The molecular formula is C32H30N2O6. The van der Waals surface area contributed by atoms with Crippen molar-refractivity contribution in [3.8, 4) is 11.1 Å². The van der Waals surface area contributed by atoms with Gasteiger partial charge in [-0.1, -0.05) is 97.8 Å². The minimum absolute atomic E-state index is 0.101. The molecule has 0 aromatic heterocycles. The molecule has 1 saturated carbocycles. The summed E-state index contributed by atoms with van der Waals surface area (Å²) in [5, 5.41) is 3.16. The maximum absolute atomic E-state index is 13.3. The van der Waals surface area contributed by atoms with Crippen LogP contribution in [-0.4, -0.2) is 41.6 Å². The Morgan fingerprint density at radius 2 is 1.30 bits per heavy atom. The van der Waals surface area contributed by atoms with Crippen LogP contribution in [0.3, 0.4) is 0 Å². The van der Waals surface area contributed by atoms with E-state index < -0.39 is 29.9 Å². The highest BCUT2D eigenvalue weighted by molar-refractivity contribution is 6.21. The molecule has 0 spiro atoms. The lowest BCUT2D eigenvalue weighted by Gasteiger charge is -2.26. The lowest BCUT2D eigenvalue weighted by atomic mass is 9.85. The first-order chi connectivity index (χ1) is 19.5. The van der Waals surface area contributed by atoms with E-state index in [-0.39, 0.29) is 29.6 Å². The van der Waals surface area contributed by atoms with Crippen LogP contribution in [0.15, 0.2) is 72.8 Å². The van der Waals surface area contributed by atoms with E-state index >= 15 is 0 Å². The molecule has 0 bridgehead atoms. The number of ether oxygens (including phenoxy) is 1. The number of hydroxylamine groups is 2. The van der Waals surface area contributed by atoms with Crippen LogP contribution in [0.25, 0.3) is 11.1 Å². The second-order valence-corrected chi connectivity index (χ2v) is 10.6. The fourth-order valence-electron chi connectivity index (χ4n) is 6.16. The number of rotatable bonds is 7. The number of fused-ring (bicyclic) bond motifs is 4. The number of amides is 3. The molecule has 2 aliphatic carbocycles. The number of nitrogens with one attached hydrogen (secondary N) is 1. The fraction of sp³-hybridized carbons (Fsp3) is 0.312. The van der Waals surface area contributed by atoms with Crippen LogP contribution in [0.4, 0.5) is 4.79 Å². The molecular weight excluding hydrogens is 508 g/mol. The van der Waals surface area contributed by atoms with E-state index in [1.165, 1.54) is 12.1 Å². The molecule has 1 heterocycles. The van der Waals surface area contributed by atoms with E-state index in [4.69, 9.17) is 9.57 Å². The summed E-state index contributed by atoms with van der Waals surface area (Å²) in [5.74, 6) is -2.19. The molecule has 1 unspecified atom stereocenters. The summed E-state index contributed by atoms with van der Waals surface area (Å²) < 4.78 is 5.67. The van der Waals surface area contributed by atoms with Gasteiger partial charge in [0.05, 0.1) is 11.1 Å². The molecule has 1 aliphatic heterocycles. The monoisotopic (exact) mass is 538 g/mol. The summed E-state index contributed by atoms with van der Waals surface area (Å²) in [4.78, 5) is 57.1. The highest BCUT2D eigenvalue weighted by Gasteiger charge is 2.40. The van der Waals surface area contributed by atoms with E-state index in [0.29, 0.717) is 11.5 Å². The molecule has 3 aromatic rings. The molecule has 204 valence electrons. The third kappa shape index (κ3) is 4.85. The molecule has 1 N–H and O–H groups in total. The maximum Gasteiger partial charge on any atom is 0.407 e. The van der Waals surface area contributed by atoms with Crippen molar-refractivity contribution in [1.29, 1.82) is 0 Å². The Kier molecular flexibility index (Phi) is 7.07.